The van der Waals surface area contributed by atoms with Crippen LogP contribution in [0.1, 0.15) is 193 Å². The Labute approximate surface area is 551 Å². The van der Waals surface area contributed by atoms with Crippen molar-refractivity contribution in [3.8, 4) is 11.5 Å². The number of sulfonamides is 1. The number of fused-ring (bicyclic) bond motifs is 2. The summed E-state index contributed by atoms with van der Waals surface area (Å²) in [7, 11) is -6.80. The molecule has 0 aliphatic heterocycles. The predicted molar refractivity (Wildman–Crippen MR) is 378 cm³/mol. The van der Waals surface area contributed by atoms with Crippen molar-refractivity contribution in [2.24, 2.45) is 0 Å². The van der Waals surface area contributed by atoms with Gasteiger partial charge in [-0.15, -0.1) is 36.4 Å². The van der Waals surface area contributed by atoms with Crippen LogP contribution in [0.4, 0.5) is 5.69 Å². The molecule has 2 aromatic heterocycles. The highest BCUT2D eigenvalue weighted by atomic mass is 127. The van der Waals surface area contributed by atoms with Crippen molar-refractivity contribution in [3.05, 3.63) is 160 Å². The number of carbonyl (C=O) groups excluding carboxylic acids is 2. The fourth-order valence-electron chi connectivity index (χ4n) is 10.4. The Kier molecular flexibility index (Phi) is 34.8. The number of aryl methyl sites for hydroxylation is 2. The van der Waals surface area contributed by atoms with E-state index in [1.807, 2.05) is 54.6 Å². The topological polar surface area (TPSA) is 157 Å². The van der Waals surface area contributed by atoms with Crippen molar-refractivity contribution in [1.82, 2.24) is 9.80 Å². The summed E-state index contributed by atoms with van der Waals surface area (Å²) in [6, 6.07) is 34.7. The van der Waals surface area contributed by atoms with Gasteiger partial charge in [0.1, 0.15) is 34.2 Å². The first-order valence-corrected chi connectivity index (χ1v) is 35.2. The summed E-state index contributed by atoms with van der Waals surface area (Å²) in [6.45, 7) is 21.2. The molecule has 0 saturated carbocycles. The molecular formula is C71H101ClIN3O10S2. The number of carbonyl (C=O) groups is 2. The van der Waals surface area contributed by atoms with Gasteiger partial charge in [0.2, 0.25) is 10.0 Å². The van der Waals surface area contributed by atoms with Crippen molar-refractivity contribution in [1.29, 1.82) is 0 Å². The molecule has 0 atom stereocenters. The summed E-state index contributed by atoms with van der Waals surface area (Å²) >= 11 is 0. The SMILES string of the molecule is C.CCCCc1oc2ccc(CS(C)(=O)=O)cc2c1C(=O)c1ccc(OCCCN(CCCC)CCCC)cc1.CCCCc1oc2ccc(N(Cc3ccccc3)S(C)(=O)=O)cc2c1C(=O)c1ccc(OCCCN(CCCC)CCCC)cc1.Cl.I. The predicted octanol–water partition coefficient (Wildman–Crippen LogP) is 17.5. The van der Waals surface area contributed by atoms with Gasteiger partial charge in [-0.3, -0.25) is 13.9 Å². The Hall–Kier alpha value is -5.24. The lowest BCUT2D eigenvalue weighted by atomic mass is 9.97. The van der Waals surface area contributed by atoms with Gasteiger partial charge in [-0.25, -0.2) is 16.8 Å². The van der Waals surface area contributed by atoms with Gasteiger partial charge in [-0.05, 0) is 168 Å². The van der Waals surface area contributed by atoms with Crippen molar-refractivity contribution in [2.75, 3.05) is 69.3 Å². The minimum Gasteiger partial charge on any atom is -0.494 e. The largest absolute Gasteiger partial charge is 0.494 e. The van der Waals surface area contributed by atoms with Crippen molar-refractivity contribution in [2.45, 2.75) is 164 Å². The number of hydrogen-bond acceptors (Lipinski definition) is 12. The maximum atomic E-state index is 14.1. The first-order chi connectivity index (χ1) is 41.0. The number of ether oxygens (including phenoxy) is 2. The summed E-state index contributed by atoms with van der Waals surface area (Å²) in [5, 5.41) is 1.29. The summed E-state index contributed by atoms with van der Waals surface area (Å²) in [4.78, 5) is 32.8. The van der Waals surface area contributed by atoms with Crippen LogP contribution in [-0.2, 0) is 45.0 Å². The van der Waals surface area contributed by atoms with Gasteiger partial charge >= 0.3 is 0 Å². The van der Waals surface area contributed by atoms with Gasteiger partial charge in [-0.1, -0.05) is 124 Å². The lowest BCUT2D eigenvalue weighted by Gasteiger charge is -2.22. The number of ketones is 2. The first-order valence-electron chi connectivity index (χ1n) is 31.3. The number of halogens is 2. The van der Waals surface area contributed by atoms with Crippen LogP contribution in [0.3, 0.4) is 0 Å². The van der Waals surface area contributed by atoms with Gasteiger partial charge in [-0.2, -0.15) is 0 Å². The second-order valence-corrected chi connectivity index (χ2v) is 26.6. The molecule has 0 aliphatic carbocycles. The molecule has 88 heavy (non-hydrogen) atoms. The molecule has 0 aliphatic rings. The highest BCUT2D eigenvalue weighted by Gasteiger charge is 2.26. The number of benzene rings is 5. The Morgan fingerprint density at radius 3 is 1.27 bits per heavy atom. The van der Waals surface area contributed by atoms with Crippen LogP contribution in [0.15, 0.2) is 124 Å². The number of unbranched alkanes of at least 4 members (excludes halogenated alkanes) is 6. The first kappa shape index (κ1) is 77.0. The molecule has 17 heteroatoms. The molecule has 0 bridgehead atoms. The number of sulfone groups is 1. The van der Waals surface area contributed by atoms with E-state index < -0.39 is 19.9 Å². The van der Waals surface area contributed by atoms with Crippen LogP contribution >= 0.6 is 36.4 Å². The van der Waals surface area contributed by atoms with E-state index in [2.05, 4.69) is 51.3 Å². The van der Waals surface area contributed by atoms with Gasteiger partial charge < -0.3 is 28.1 Å². The zero-order valence-electron chi connectivity index (χ0n) is 52.9. The van der Waals surface area contributed by atoms with E-state index in [4.69, 9.17) is 18.3 Å². The molecule has 486 valence electrons. The van der Waals surface area contributed by atoms with Gasteiger partial charge in [0.25, 0.3) is 0 Å². The minimum absolute atomic E-state index is 0. The summed E-state index contributed by atoms with van der Waals surface area (Å²) in [5.41, 5.74) is 5.29. The van der Waals surface area contributed by atoms with E-state index in [-0.39, 0.29) is 67.7 Å². The fourth-order valence-corrected chi connectivity index (χ4v) is 12.1. The molecule has 0 amide bonds. The van der Waals surface area contributed by atoms with Gasteiger partial charge in [0.05, 0.1) is 48.6 Å². The molecule has 13 nitrogen and oxygen atoms in total. The number of rotatable bonds is 38. The molecule has 0 radical (unpaired) electrons. The molecule has 0 saturated heterocycles. The Balaban J connectivity index is 0.000000451. The second kappa shape index (κ2) is 39.8. The molecular weight excluding hydrogens is 1280 g/mol. The third kappa shape index (κ3) is 24.2. The van der Waals surface area contributed by atoms with E-state index in [0.717, 1.165) is 94.9 Å². The Morgan fingerprint density at radius 2 is 0.875 bits per heavy atom. The van der Waals surface area contributed by atoms with Crippen LogP contribution in [0.5, 0.6) is 11.5 Å². The summed E-state index contributed by atoms with van der Waals surface area (Å²) in [6.07, 6.45) is 19.0. The standard InChI is InChI=1S/C38H50N2O5S.C32H45NO5S.CH4.ClH.HI/c1-5-8-17-36-37(34-28-32(20-23-35(34)45-36)40(46(4,42)43)29-30-15-12-11-13-16-30)38(41)31-18-21-33(22-19-31)44-27-14-26-39(24-9-6-2)25-10-7-3;1-5-8-12-30-31(28-23-25(24-39(4,35)36)13-18-29(28)38-30)32(34)26-14-16-27(17-15-26)37-22-11-21-33(19-9-6-2)20-10-7-3;;;/h11-13,15-16,18-23,28H,5-10,14,17,24-27,29H2,1-4H3;13-18,23H,5-12,19-22,24H2,1-4H3;1H4;2*1H. The molecule has 7 rings (SSSR count). The van der Waals surface area contributed by atoms with Crippen molar-refractivity contribution < 1.29 is 44.7 Å². The molecule has 7 aromatic rings. The number of nitrogens with zero attached hydrogens (tertiary/aromatic N) is 3. The van der Waals surface area contributed by atoms with E-state index in [0.29, 0.717) is 93.0 Å². The number of furan rings is 2. The van der Waals surface area contributed by atoms with Gasteiger partial charge in [0, 0.05) is 54.1 Å². The summed E-state index contributed by atoms with van der Waals surface area (Å²) < 4.78 is 75.3. The lowest BCUT2D eigenvalue weighted by molar-refractivity contribution is 0.103. The van der Waals surface area contributed by atoms with Crippen molar-refractivity contribution in [3.63, 3.8) is 0 Å². The normalized spacial score (nSPS) is 11.4. The summed E-state index contributed by atoms with van der Waals surface area (Å²) in [5.74, 6) is 2.43. The molecule has 0 spiro atoms. The third-order valence-corrected chi connectivity index (χ3v) is 17.1. The van der Waals surface area contributed by atoms with Crippen LogP contribution < -0.4 is 13.8 Å². The van der Waals surface area contributed by atoms with E-state index >= 15 is 0 Å². The molecule has 0 unspecified atom stereocenters. The average molecular weight is 1380 g/mol. The third-order valence-electron chi connectivity index (χ3n) is 15.1. The minimum atomic E-state index is -3.60. The zero-order chi connectivity index (χ0) is 61.2. The van der Waals surface area contributed by atoms with Crippen LogP contribution in [0.25, 0.3) is 21.9 Å². The second-order valence-electron chi connectivity index (χ2n) is 22.6. The maximum absolute atomic E-state index is 14.1. The van der Waals surface area contributed by atoms with Crippen LogP contribution in [0, 0.1) is 0 Å². The highest BCUT2D eigenvalue weighted by molar-refractivity contribution is 14.0. The quantitative estimate of drug-likeness (QED) is 0.0205. The molecule has 0 fully saturated rings. The number of anilines is 1. The van der Waals surface area contributed by atoms with E-state index in [1.165, 1.54) is 68.2 Å². The Bertz CT molecular complexity index is 3370. The van der Waals surface area contributed by atoms with Gasteiger partial charge in [0.15, 0.2) is 21.4 Å². The fraction of sp³-hybridized carbons (Fsp3) is 0.493. The molecule has 0 N–H and O–H groups in total. The maximum Gasteiger partial charge on any atom is 0.232 e. The van der Waals surface area contributed by atoms with Crippen LogP contribution in [-0.4, -0.2) is 103 Å². The molecule has 2 heterocycles. The zero-order valence-corrected chi connectivity index (χ0v) is 57.7. The number of hydrogen-bond donors (Lipinski definition) is 0. The van der Waals surface area contributed by atoms with Crippen molar-refractivity contribution >= 4 is 95.4 Å². The lowest BCUT2D eigenvalue weighted by Crippen LogP contribution is -2.29. The van der Waals surface area contributed by atoms with E-state index in [9.17, 15) is 26.4 Å². The Morgan fingerprint density at radius 1 is 0.477 bits per heavy atom. The highest BCUT2D eigenvalue weighted by Crippen LogP contribution is 2.35. The smallest absolute Gasteiger partial charge is 0.232 e. The molecule has 5 aromatic carbocycles. The monoisotopic (exact) mass is 1380 g/mol. The van der Waals surface area contributed by atoms with E-state index in [1.54, 1.807) is 60.7 Å². The average Bonchev–Trinajstić information content (AvgIpc) is 3.10. The van der Waals surface area contributed by atoms with Crippen LogP contribution in [0.2, 0.25) is 0 Å².